The Labute approximate surface area is 131 Å². The number of nitrogens with one attached hydrogen (secondary N) is 1. The Hall–Kier alpha value is -1.88. The Balaban J connectivity index is 1.95. The fourth-order valence-electron chi connectivity index (χ4n) is 2.79. The predicted octanol–water partition coefficient (Wildman–Crippen LogP) is 2.66. The van der Waals surface area contributed by atoms with E-state index in [0.717, 1.165) is 41.7 Å². The molecule has 2 N–H and O–H groups in total. The second-order valence-electron chi connectivity index (χ2n) is 6.28. The lowest BCUT2D eigenvalue weighted by atomic mass is 9.99. The molecule has 0 amide bonds. The number of nitrogens with zero attached hydrogens (tertiary/aromatic N) is 3. The highest BCUT2D eigenvalue weighted by Crippen LogP contribution is 2.28. The highest BCUT2D eigenvalue weighted by atomic mass is 16.3. The lowest BCUT2D eigenvalue weighted by Crippen LogP contribution is -2.34. The van der Waals surface area contributed by atoms with Gasteiger partial charge in [-0.2, -0.15) is 0 Å². The number of piperidine rings is 1. The van der Waals surface area contributed by atoms with Crippen molar-refractivity contribution in [2.45, 2.75) is 32.8 Å². The number of para-hydroxylation sites is 2. The summed E-state index contributed by atoms with van der Waals surface area (Å²) in [4.78, 5) is 11.8. The zero-order valence-corrected chi connectivity index (χ0v) is 13.3. The van der Waals surface area contributed by atoms with Crippen molar-refractivity contribution in [2.24, 2.45) is 5.92 Å². The number of hydrogen-bond donors (Lipinski definition) is 2. The van der Waals surface area contributed by atoms with Gasteiger partial charge in [0.15, 0.2) is 11.6 Å². The van der Waals surface area contributed by atoms with Gasteiger partial charge in [0, 0.05) is 19.6 Å². The Morgan fingerprint density at radius 2 is 1.86 bits per heavy atom. The molecule has 2 heterocycles. The first kappa shape index (κ1) is 15.0. The first-order valence-electron chi connectivity index (χ1n) is 8.07. The topological polar surface area (TPSA) is 61.3 Å². The minimum atomic E-state index is -0.414. The van der Waals surface area contributed by atoms with E-state index in [9.17, 15) is 5.11 Å². The average Bonchev–Trinajstić information content (AvgIpc) is 2.53. The minimum absolute atomic E-state index is 0.414. The molecule has 3 rings (SSSR count). The normalized spacial score (nSPS) is 17.7. The fraction of sp³-hybridized carbons (Fsp3) is 0.529. The van der Waals surface area contributed by atoms with Crippen LogP contribution in [0.3, 0.4) is 0 Å². The van der Waals surface area contributed by atoms with Crippen LogP contribution in [0, 0.1) is 5.92 Å². The van der Waals surface area contributed by atoms with Crippen LogP contribution in [0.1, 0.15) is 26.7 Å². The Morgan fingerprint density at radius 3 is 2.50 bits per heavy atom. The molecule has 0 aliphatic carbocycles. The number of aliphatic hydroxyl groups excluding tert-OH is 1. The van der Waals surface area contributed by atoms with E-state index in [0.29, 0.717) is 6.54 Å². The lowest BCUT2D eigenvalue weighted by molar-refractivity contribution is 0.208. The van der Waals surface area contributed by atoms with Gasteiger partial charge in [0.1, 0.15) is 0 Å². The smallest absolute Gasteiger partial charge is 0.172 e. The van der Waals surface area contributed by atoms with Gasteiger partial charge in [-0.15, -0.1) is 0 Å². The molecule has 5 nitrogen and oxygen atoms in total. The van der Waals surface area contributed by atoms with Gasteiger partial charge in [0.25, 0.3) is 0 Å². The Morgan fingerprint density at radius 1 is 1.23 bits per heavy atom. The van der Waals surface area contributed by atoms with Crippen molar-refractivity contribution >= 4 is 22.7 Å². The molecular formula is C17H24N4O. The molecule has 118 valence electrons. The summed E-state index contributed by atoms with van der Waals surface area (Å²) in [6, 6.07) is 7.93. The summed E-state index contributed by atoms with van der Waals surface area (Å²) >= 11 is 0. The summed E-state index contributed by atoms with van der Waals surface area (Å²) in [6.45, 7) is 6.57. The average molecular weight is 300 g/mol. The van der Waals surface area contributed by atoms with Crippen molar-refractivity contribution in [1.82, 2.24) is 9.97 Å². The first-order chi connectivity index (χ1) is 10.6. The van der Waals surface area contributed by atoms with Gasteiger partial charge in [-0.25, -0.2) is 9.97 Å². The van der Waals surface area contributed by atoms with E-state index < -0.39 is 6.10 Å². The monoisotopic (exact) mass is 300 g/mol. The van der Waals surface area contributed by atoms with Gasteiger partial charge < -0.3 is 15.3 Å². The van der Waals surface area contributed by atoms with Crippen molar-refractivity contribution in [1.29, 1.82) is 0 Å². The molecule has 0 radical (unpaired) electrons. The van der Waals surface area contributed by atoms with Crippen LogP contribution in [0.2, 0.25) is 0 Å². The number of rotatable bonds is 4. The predicted molar refractivity (Wildman–Crippen MR) is 90.3 cm³/mol. The molecule has 0 spiro atoms. The summed E-state index contributed by atoms with van der Waals surface area (Å²) in [7, 11) is 0. The van der Waals surface area contributed by atoms with E-state index in [-0.39, 0.29) is 0 Å². The van der Waals surface area contributed by atoms with Gasteiger partial charge in [-0.05, 0) is 37.8 Å². The van der Waals surface area contributed by atoms with Gasteiger partial charge in [-0.1, -0.05) is 19.1 Å². The maximum atomic E-state index is 9.54. The molecule has 2 aromatic rings. The summed E-state index contributed by atoms with van der Waals surface area (Å²) in [5, 5.41) is 12.8. The zero-order chi connectivity index (χ0) is 15.5. The number of hydrogen-bond acceptors (Lipinski definition) is 5. The van der Waals surface area contributed by atoms with E-state index >= 15 is 0 Å². The van der Waals surface area contributed by atoms with Crippen LogP contribution in [0.15, 0.2) is 24.3 Å². The molecule has 0 bridgehead atoms. The van der Waals surface area contributed by atoms with Crippen molar-refractivity contribution in [2.75, 3.05) is 29.9 Å². The van der Waals surface area contributed by atoms with E-state index in [2.05, 4.69) is 17.1 Å². The highest BCUT2D eigenvalue weighted by Gasteiger charge is 2.21. The van der Waals surface area contributed by atoms with E-state index in [4.69, 9.17) is 9.97 Å². The van der Waals surface area contributed by atoms with Crippen LogP contribution < -0.4 is 10.2 Å². The molecule has 1 aliphatic heterocycles. The summed E-state index contributed by atoms with van der Waals surface area (Å²) in [5.41, 5.74) is 1.79. The summed E-state index contributed by atoms with van der Waals surface area (Å²) < 4.78 is 0. The maximum absolute atomic E-state index is 9.54. The van der Waals surface area contributed by atoms with Crippen molar-refractivity contribution in [3.63, 3.8) is 0 Å². The molecule has 1 saturated heterocycles. The van der Waals surface area contributed by atoms with Crippen LogP contribution in [0.25, 0.3) is 11.0 Å². The number of aromatic nitrogens is 2. The van der Waals surface area contributed by atoms with Gasteiger partial charge >= 0.3 is 0 Å². The van der Waals surface area contributed by atoms with Crippen LogP contribution >= 0.6 is 0 Å². The van der Waals surface area contributed by atoms with E-state index in [1.54, 1.807) is 6.92 Å². The standard InChI is InChI=1S/C17H24N4O/c1-12-7-9-21(10-8-12)17-16(18-11-13(2)22)19-14-5-3-4-6-15(14)20-17/h3-6,12-13,22H,7-11H2,1-2H3,(H,18,19). The second-order valence-corrected chi connectivity index (χ2v) is 6.28. The largest absolute Gasteiger partial charge is 0.392 e. The first-order valence-corrected chi connectivity index (χ1v) is 8.07. The third-order valence-electron chi connectivity index (χ3n) is 4.20. The highest BCUT2D eigenvalue weighted by molar-refractivity contribution is 5.80. The summed E-state index contributed by atoms with van der Waals surface area (Å²) in [6.07, 6.45) is 1.96. The Bertz CT molecular complexity index is 636. The van der Waals surface area contributed by atoms with Crippen LogP contribution in [0.5, 0.6) is 0 Å². The quantitative estimate of drug-likeness (QED) is 0.909. The van der Waals surface area contributed by atoms with Gasteiger partial charge in [0.2, 0.25) is 0 Å². The molecule has 22 heavy (non-hydrogen) atoms. The molecule has 5 heteroatoms. The zero-order valence-electron chi connectivity index (χ0n) is 13.3. The maximum Gasteiger partial charge on any atom is 0.172 e. The molecule has 1 aliphatic rings. The number of benzene rings is 1. The van der Waals surface area contributed by atoms with E-state index in [1.165, 1.54) is 12.8 Å². The molecule has 1 unspecified atom stereocenters. The summed E-state index contributed by atoms with van der Waals surface area (Å²) in [5.74, 6) is 2.46. The molecule has 0 saturated carbocycles. The van der Waals surface area contributed by atoms with Crippen molar-refractivity contribution in [3.05, 3.63) is 24.3 Å². The molecule has 1 aromatic heterocycles. The van der Waals surface area contributed by atoms with Crippen LogP contribution in [0.4, 0.5) is 11.6 Å². The van der Waals surface area contributed by atoms with Crippen molar-refractivity contribution in [3.8, 4) is 0 Å². The van der Waals surface area contributed by atoms with Crippen LogP contribution in [-0.4, -0.2) is 40.8 Å². The number of fused-ring (bicyclic) bond motifs is 1. The molecule has 1 atom stereocenters. The van der Waals surface area contributed by atoms with E-state index in [1.807, 2.05) is 24.3 Å². The van der Waals surface area contributed by atoms with Gasteiger partial charge in [-0.3, -0.25) is 0 Å². The lowest BCUT2D eigenvalue weighted by Gasteiger charge is -2.32. The molecule has 1 aromatic carbocycles. The second kappa shape index (κ2) is 6.48. The SMILES string of the molecule is CC(O)CNc1nc2ccccc2nc1N1CCC(C)CC1. The Kier molecular flexibility index (Phi) is 4.43. The third kappa shape index (κ3) is 3.30. The molecular weight excluding hydrogens is 276 g/mol. The van der Waals surface area contributed by atoms with Crippen molar-refractivity contribution < 1.29 is 5.11 Å². The van der Waals surface area contributed by atoms with Crippen LogP contribution in [-0.2, 0) is 0 Å². The number of anilines is 2. The number of aliphatic hydroxyl groups is 1. The fourth-order valence-corrected chi connectivity index (χ4v) is 2.79. The third-order valence-corrected chi connectivity index (χ3v) is 4.20. The van der Waals surface area contributed by atoms with Gasteiger partial charge in [0.05, 0.1) is 17.1 Å². The molecule has 1 fully saturated rings. The minimum Gasteiger partial charge on any atom is -0.392 e.